The minimum absolute atomic E-state index is 0.0289. The molecule has 0 saturated heterocycles. The Hall–Kier alpha value is -3.29. The number of aromatic nitrogens is 3. The lowest BCUT2D eigenvalue weighted by atomic mass is 10.2. The lowest BCUT2D eigenvalue weighted by Gasteiger charge is -2.06. The molecule has 1 N–H and O–H groups in total. The van der Waals surface area contributed by atoms with Crippen LogP contribution in [0.5, 0.6) is 11.5 Å². The number of ether oxygens (including phenoxy) is 1. The molecule has 0 fully saturated rings. The van der Waals surface area contributed by atoms with Crippen molar-refractivity contribution in [3.05, 3.63) is 64.7 Å². The summed E-state index contributed by atoms with van der Waals surface area (Å²) < 4.78 is 18.5. The summed E-state index contributed by atoms with van der Waals surface area (Å²) >= 11 is 0. The Morgan fingerprint density at radius 1 is 1.18 bits per heavy atom. The van der Waals surface area contributed by atoms with Crippen molar-refractivity contribution < 1.29 is 14.1 Å². The quantitative estimate of drug-likeness (QED) is 0.589. The van der Waals surface area contributed by atoms with E-state index in [2.05, 4.69) is 15.2 Å². The van der Waals surface area contributed by atoms with Gasteiger partial charge < -0.3 is 4.74 Å². The number of aromatic amines is 1. The van der Waals surface area contributed by atoms with E-state index < -0.39 is 16.4 Å². The number of benzene rings is 2. The van der Waals surface area contributed by atoms with E-state index in [0.29, 0.717) is 11.6 Å². The first kappa shape index (κ1) is 13.7. The van der Waals surface area contributed by atoms with Gasteiger partial charge in [0.15, 0.2) is 5.82 Å². The Bertz CT molecular complexity index is 803. The first-order chi connectivity index (χ1) is 10.6. The predicted molar refractivity (Wildman–Crippen MR) is 74.9 cm³/mol. The number of hydrogen-bond donors (Lipinski definition) is 1. The lowest BCUT2D eigenvalue weighted by molar-refractivity contribution is -0.385. The summed E-state index contributed by atoms with van der Waals surface area (Å²) in [6, 6.07) is 9.85. The fourth-order valence-corrected chi connectivity index (χ4v) is 1.87. The van der Waals surface area contributed by atoms with Crippen molar-refractivity contribution in [2.24, 2.45) is 0 Å². The van der Waals surface area contributed by atoms with Crippen LogP contribution in [0.15, 0.2) is 48.8 Å². The number of nitro benzene ring substituents is 1. The molecule has 3 aromatic rings. The number of H-pyrrole nitrogens is 1. The maximum absolute atomic E-state index is 13.1. The summed E-state index contributed by atoms with van der Waals surface area (Å²) in [7, 11) is 0. The number of rotatable bonds is 4. The van der Waals surface area contributed by atoms with E-state index >= 15 is 0 Å². The summed E-state index contributed by atoms with van der Waals surface area (Å²) in [4.78, 5) is 14.2. The van der Waals surface area contributed by atoms with Crippen LogP contribution in [0.1, 0.15) is 0 Å². The summed E-state index contributed by atoms with van der Waals surface area (Å²) in [6.45, 7) is 0. The number of hydrogen-bond acceptors (Lipinski definition) is 5. The number of halogens is 1. The molecule has 1 heterocycles. The van der Waals surface area contributed by atoms with Gasteiger partial charge in [-0.25, -0.2) is 9.37 Å². The van der Waals surface area contributed by atoms with Crippen LogP contribution in [0.3, 0.4) is 0 Å². The monoisotopic (exact) mass is 300 g/mol. The predicted octanol–water partition coefficient (Wildman–Crippen LogP) is 3.31. The minimum Gasteiger partial charge on any atom is -0.450 e. The van der Waals surface area contributed by atoms with Crippen molar-refractivity contribution in [2.45, 2.75) is 0 Å². The highest BCUT2D eigenvalue weighted by molar-refractivity contribution is 5.56. The zero-order valence-corrected chi connectivity index (χ0v) is 11.1. The van der Waals surface area contributed by atoms with Crippen LogP contribution in [0, 0.1) is 15.9 Å². The van der Waals surface area contributed by atoms with Gasteiger partial charge in [-0.15, -0.1) is 0 Å². The first-order valence-electron chi connectivity index (χ1n) is 6.21. The first-order valence-corrected chi connectivity index (χ1v) is 6.21. The van der Waals surface area contributed by atoms with E-state index in [1.165, 1.54) is 12.4 Å². The minimum atomic E-state index is -0.695. The average Bonchev–Trinajstić information content (AvgIpc) is 3.04. The smallest absolute Gasteiger partial charge is 0.314 e. The Kier molecular flexibility index (Phi) is 3.48. The Morgan fingerprint density at radius 2 is 1.95 bits per heavy atom. The van der Waals surface area contributed by atoms with E-state index in [1.807, 2.05) is 0 Å². The highest BCUT2D eigenvalue weighted by Gasteiger charge is 2.17. The molecule has 0 spiro atoms. The molecule has 110 valence electrons. The van der Waals surface area contributed by atoms with Gasteiger partial charge in [0.05, 0.1) is 11.0 Å². The fourth-order valence-electron chi connectivity index (χ4n) is 1.87. The molecule has 1 aromatic heterocycles. The third-order valence-electron chi connectivity index (χ3n) is 2.89. The fraction of sp³-hybridized carbons (Fsp3) is 0. The molecule has 0 aliphatic heterocycles. The van der Waals surface area contributed by atoms with Gasteiger partial charge in [-0.05, 0) is 36.4 Å². The van der Waals surface area contributed by atoms with Gasteiger partial charge in [0.1, 0.15) is 17.9 Å². The maximum Gasteiger partial charge on any atom is 0.314 e. The van der Waals surface area contributed by atoms with Crippen LogP contribution >= 0.6 is 0 Å². The van der Waals surface area contributed by atoms with Crippen molar-refractivity contribution in [1.29, 1.82) is 0 Å². The third-order valence-corrected chi connectivity index (χ3v) is 2.89. The van der Waals surface area contributed by atoms with E-state index in [1.54, 1.807) is 24.3 Å². The molecule has 0 aliphatic carbocycles. The van der Waals surface area contributed by atoms with Crippen LogP contribution in [-0.4, -0.2) is 20.1 Å². The number of nitrogens with zero attached hydrogens (tertiary/aromatic N) is 3. The standard InChI is InChI=1S/C14H9FN4O3/c15-10-3-6-13(12(7-10)19(20)21)22-11-4-1-9(2-5-11)14-16-8-17-18-14/h1-8H,(H,16,17,18). The normalized spacial score (nSPS) is 10.4. The third kappa shape index (κ3) is 2.75. The molecule has 3 rings (SSSR count). The van der Waals surface area contributed by atoms with E-state index in [4.69, 9.17) is 4.74 Å². The second-order valence-corrected chi connectivity index (χ2v) is 4.33. The summed E-state index contributed by atoms with van der Waals surface area (Å²) in [5.41, 5.74) is 0.359. The van der Waals surface area contributed by atoms with Crippen molar-refractivity contribution in [3.63, 3.8) is 0 Å². The molecule has 0 atom stereocenters. The molecule has 0 aliphatic rings. The number of nitro groups is 1. The summed E-state index contributed by atoms with van der Waals surface area (Å²) in [5, 5.41) is 17.4. The summed E-state index contributed by atoms with van der Waals surface area (Å²) in [6.07, 6.45) is 1.39. The van der Waals surface area contributed by atoms with Crippen molar-refractivity contribution in [1.82, 2.24) is 15.2 Å². The van der Waals surface area contributed by atoms with E-state index in [0.717, 1.165) is 17.7 Å². The highest BCUT2D eigenvalue weighted by Crippen LogP contribution is 2.32. The molecular weight excluding hydrogens is 291 g/mol. The average molecular weight is 300 g/mol. The number of nitrogens with one attached hydrogen (secondary N) is 1. The maximum atomic E-state index is 13.1. The largest absolute Gasteiger partial charge is 0.450 e. The Labute approximate surface area is 123 Å². The van der Waals surface area contributed by atoms with Gasteiger partial charge in [0.2, 0.25) is 5.75 Å². The zero-order valence-electron chi connectivity index (χ0n) is 11.1. The molecule has 0 radical (unpaired) electrons. The SMILES string of the molecule is O=[N+]([O-])c1cc(F)ccc1Oc1ccc(-c2ncn[nH]2)cc1. The van der Waals surface area contributed by atoms with Gasteiger partial charge in [-0.1, -0.05) is 0 Å². The van der Waals surface area contributed by atoms with Gasteiger partial charge in [0.25, 0.3) is 0 Å². The van der Waals surface area contributed by atoms with Crippen LogP contribution in [0.2, 0.25) is 0 Å². The van der Waals surface area contributed by atoms with Crippen molar-refractivity contribution in [2.75, 3.05) is 0 Å². The molecule has 7 nitrogen and oxygen atoms in total. The van der Waals surface area contributed by atoms with Gasteiger partial charge in [-0.2, -0.15) is 5.10 Å². The van der Waals surface area contributed by atoms with Crippen molar-refractivity contribution in [3.8, 4) is 22.9 Å². The summed E-state index contributed by atoms with van der Waals surface area (Å²) in [5.74, 6) is 0.260. The second kappa shape index (κ2) is 5.60. The zero-order chi connectivity index (χ0) is 15.5. The van der Waals surface area contributed by atoms with E-state index in [-0.39, 0.29) is 5.75 Å². The molecule has 0 bridgehead atoms. The molecule has 0 saturated carbocycles. The highest BCUT2D eigenvalue weighted by atomic mass is 19.1. The molecule has 22 heavy (non-hydrogen) atoms. The molecule has 2 aromatic carbocycles. The molecular formula is C14H9FN4O3. The van der Waals surface area contributed by atoms with Gasteiger partial charge in [0, 0.05) is 5.56 Å². The van der Waals surface area contributed by atoms with Gasteiger partial charge in [-0.3, -0.25) is 15.2 Å². The van der Waals surface area contributed by atoms with Crippen LogP contribution in [-0.2, 0) is 0 Å². The van der Waals surface area contributed by atoms with Gasteiger partial charge >= 0.3 is 5.69 Å². The van der Waals surface area contributed by atoms with Crippen LogP contribution in [0.25, 0.3) is 11.4 Å². The molecule has 8 heteroatoms. The van der Waals surface area contributed by atoms with Crippen LogP contribution < -0.4 is 4.74 Å². The lowest BCUT2D eigenvalue weighted by Crippen LogP contribution is -1.94. The Balaban J connectivity index is 1.86. The van der Waals surface area contributed by atoms with Crippen molar-refractivity contribution >= 4 is 5.69 Å². The molecule has 0 unspecified atom stereocenters. The second-order valence-electron chi connectivity index (χ2n) is 4.33. The van der Waals surface area contributed by atoms with E-state index in [9.17, 15) is 14.5 Å². The molecule has 0 amide bonds. The topological polar surface area (TPSA) is 93.9 Å². The Morgan fingerprint density at radius 3 is 2.59 bits per heavy atom. The van der Waals surface area contributed by atoms with Crippen LogP contribution in [0.4, 0.5) is 10.1 Å².